The SMILES string of the molecule is Nc1ccc(Oc2ccnc3cc(-c4ccc(CN5CCOCC5)cn4)sc23)c(F)c1. The highest BCUT2D eigenvalue weighted by Crippen LogP contribution is 2.39. The van der Waals surface area contributed by atoms with Crippen LogP contribution in [-0.4, -0.2) is 41.2 Å². The fourth-order valence-corrected chi connectivity index (χ4v) is 4.56. The number of halogens is 1. The molecule has 3 aromatic heterocycles. The molecule has 0 atom stereocenters. The van der Waals surface area contributed by atoms with Crippen molar-refractivity contribution in [2.24, 2.45) is 0 Å². The van der Waals surface area contributed by atoms with Gasteiger partial charge < -0.3 is 15.2 Å². The Morgan fingerprint density at radius 2 is 1.94 bits per heavy atom. The summed E-state index contributed by atoms with van der Waals surface area (Å²) in [5.41, 5.74) is 8.81. The number of nitrogens with two attached hydrogens (primary N) is 1. The number of hydrogen-bond donors (Lipinski definition) is 1. The van der Waals surface area contributed by atoms with E-state index in [-0.39, 0.29) is 5.75 Å². The van der Waals surface area contributed by atoms with Crippen molar-refractivity contribution in [1.82, 2.24) is 14.9 Å². The average molecular weight is 437 g/mol. The fourth-order valence-electron chi connectivity index (χ4n) is 3.52. The van der Waals surface area contributed by atoms with E-state index in [1.807, 2.05) is 18.3 Å². The number of pyridine rings is 2. The number of benzene rings is 1. The van der Waals surface area contributed by atoms with Crippen molar-refractivity contribution in [3.63, 3.8) is 0 Å². The highest BCUT2D eigenvalue weighted by Gasteiger charge is 2.14. The van der Waals surface area contributed by atoms with E-state index in [9.17, 15) is 4.39 Å². The predicted octanol–water partition coefficient (Wildman–Crippen LogP) is 4.70. The molecule has 0 spiro atoms. The first kappa shape index (κ1) is 19.9. The second-order valence-electron chi connectivity index (χ2n) is 7.37. The van der Waals surface area contributed by atoms with E-state index >= 15 is 0 Å². The summed E-state index contributed by atoms with van der Waals surface area (Å²) in [4.78, 5) is 12.4. The summed E-state index contributed by atoms with van der Waals surface area (Å²) in [5, 5.41) is 0. The van der Waals surface area contributed by atoms with Gasteiger partial charge >= 0.3 is 0 Å². The summed E-state index contributed by atoms with van der Waals surface area (Å²) < 4.78 is 26.3. The third kappa shape index (κ3) is 4.36. The van der Waals surface area contributed by atoms with Crippen molar-refractivity contribution in [1.29, 1.82) is 0 Å². The van der Waals surface area contributed by atoms with Crippen molar-refractivity contribution >= 4 is 27.2 Å². The lowest BCUT2D eigenvalue weighted by Crippen LogP contribution is -2.35. The van der Waals surface area contributed by atoms with Crippen LogP contribution >= 0.6 is 11.3 Å². The van der Waals surface area contributed by atoms with Crippen LogP contribution in [0.4, 0.5) is 10.1 Å². The van der Waals surface area contributed by atoms with Gasteiger partial charge in [-0.1, -0.05) is 6.07 Å². The molecule has 0 amide bonds. The molecule has 4 aromatic rings. The van der Waals surface area contributed by atoms with Crippen molar-refractivity contribution in [3.05, 3.63) is 66.2 Å². The zero-order valence-electron chi connectivity index (χ0n) is 16.8. The molecule has 0 aliphatic carbocycles. The third-order valence-electron chi connectivity index (χ3n) is 5.14. The van der Waals surface area contributed by atoms with Crippen molar-refractivity contribution in [2.45, 2.75) is 6.54 Å². The molecule has 158 valence electrons. The van der Waals surface area contributed by atoms with Crippen LogP contribution in [0, 0.1) is 5.82 Å². The summed E-state index contributed by atoms with van der Waals surface area (Å²) in [6, 6.07) is 12.2. The van der Waals surface area contributed by atoms with E-state index < -0.39 is 5.82 Å². The molecule has 1 aliphatic rings. The van der Waals surface area contributed by atoms with Crippen molar-refractivity contribution in [2.75, 3.05) is 32.0 Å². The van der Waals surface area contributed by atoms with E-state index in [1.54, 1.807) is 18.3 Å². The Hall–Kier alpha value is -3.07. The summed E-state index contributed by atoms with van der Waals surface area (Å²) in [6.45, 7) is 4.33. The Balaban J connectivity index is 1.39. The van der Waals surface area contributed by atoms with Gasteiger partial charge in [-0.3, -0.25) is 14.9 Å². The minimum absolute atomic E-state index is 0.127. The van der Waals surface area contributed by atoms with Crippen LogP contribution in [-0.2, 0) is 11.3 Å². The molecule has 1 aromatic carbocycles. The number of morpholine rings is 1. The molecule has 5 rings (SSSR count). The minimum Gasteiger partial charge on any atom is -0.453 e. The van der Waals surface area contributed by atoms with Crippen LogP contribution < -0.4 is 10.5 Å². The highest BCUT2D eigenvalue weighted by molar-refractivity contribution is 7.22. The maximum absolute atomic E-state index is 14.2. The normalized spacial score (nSPS) is 14.7. The molecule has 31 heavy (non-hydrogen) atoms. The third-order valence-corrected chi connectivity index (χ3v) is 6.30. The first-order valence-corrected chi connectivity index (χ1v) is 10.8. The van der Waals surface area contributed by atoms with E-state index in [2.05, 4.69) is 20.9 Å². The maximum Gasteiger partial charge on any atom is 0.167 e. The molecule has 2 N–H and O–H groups in total. The number of hydrogen-bond acceptors (Lipinski definition) is 7. The molecule has 6 nitrogen and oxygen atoms in total. The first-order valence-electron chi connectivity index (χ1n) is 10.0. The summed E-state index contributed by atoms with van der Waals surface area (Å²) in [6.07, 6.45) is 3.58. The fraction of sp³-hybridized carbons (Fsp3) is 0.217. The number of nitrogens with zero attached hydrogens (tertiary/aromatic N) is 3. The van der Waals surface area contributed by atoms with Crippen LogP contribution in [0.15, 0.2) is 54.9 Å². The first-order chi connectivity index (χ1) is 15.2. The van der Waals surface area contributed by atoms with E-state index in [4.69, 9.17) is 15.2 Å². The lowest BCUT2D eigenvalue weighted by Gasteiger charge is -2.26. The Morgan fingerprint density at radius 1 is 1.06 bits per heavy atom. The standard InChI is InChI=1S/C23H21FN4O2S/c24-17-11-16(25)2-4-20(17)30-21-5-6-26-19-12-22(31-23(19)21)18-3-1-15(13-27-18)14-28-7-9-29-10-8-28/h1-6,11-13H,7-10,14,25H2. The second kappa shape index (κ2) is 8.58. The number of nitrogen functional groups attached to an aromatic ring is 1. The minimum atomic E-state index is -0.501. The molecule has 1 fully saturated rings. The predicted molar refractivity (Wildman–Crippen MR) is 120 cm³/mol. The highest BCUT2D eigenvalue weighted by atomic mass is 32.1. The van der Waals surface area contributed by atoms with Gasteiger partial charge in [0.25, 0.3) is 0 Å². The largest absolute Gasteiger partial charge is 0.453 e. The van der Waals surface area contributed by atoms with Gasteiger partial charge in [-0.05, 0) is 29.8 Å². The monoisotopic (exact) mass is 436 g/mol. The van der Waals surface area contributed by atoms with Crippen LogP contribution in [0.25, 0.3) is 20.8 Å². The zero-order chi connectivity index (χ0) is 21.2. The van der Waals surface area contributed by atoms with Gasteiger partial charge in [-0.2, -0.15) is 0 Å². The lowest BCUT2D eigenvalue weighted by atomic mass is 10.2. The van der Waals surface area contributed by atoms with Gasteiger partial charge in [0, 0.05) is 49.8 Å². The van der Waals surface area contributed by atoms with Crippen LogP contribution in [0.5, 0.6) is 11.5 Å². The quantitative estimate of drug-likeness (QED) is 0.457. The topological polar surface area (TPSA) is 73.5 Å². The number of rotatable bonds is 5. The van der Waals surface area contributed by atoms with Crippen LogP contribution in [0.1, 0.15) is 5.56 Å². The van der Waals surface area contributed by atoms with Crippen molar-refractivity contribution in [3.8, 4) is 22.1 Å². The molecule has 0 saturated carbocycles. The van der Waals surface area contributed by atoms with Gasteiger partial charge in [0.1, 0.15) is 5.75 Å². The van der Waals surface area contributed by atoms with Crippen molar-refractivity contribution < 1.29 is 13.9 Å². The van der Waals surface area contributed by atoms with Crippen LogP contribution in [0.3, 0.4) is 0 Å². The Kier molecular flexibility index (Phi) is 5.50. The average Bonchev–Trinajstić information content (AvgIpc) is 3.22. The zero-order valence-corrected chi connectivity index (χ0v) is 17.6. The smallest absolute Gasteiger partial charge is 0.167 e. The number of fused-ring (bicyclic) bond motifs is 1. The summed E-state index contributed by atoms with van der Waals surface area (Å²) >= 11 is 1.52. The molecular weight excluding hydrogens is 415 g/mol. The molecule has 8 heteroatoms. The molecule has 1 saturated heterocycles. The molecular formula is C23H21FN4O2S. The molecule has 4 heterocycles. The van der Waals surface area contributed by atoms with Gasteiger partial charge in [-0.25, -0.2) is 4.39 Å². The van der Waals surface area contributed by atoms with E-state index in [0.29, 0.717) is 11.4 Å². The van der Waals surface area contributed by atoms with Gasteiger partial charge in [0.15, 0.2) is 11.6 Å². The van der Waals surface area contributed by atoms with Gasteiger partial charge in [0.2, 0.25) is 0 Å². The van der Waals surface area contributed by atoms with Crippen LogP contribution in [0.2, 0.25) is 0 Å². The Labute approximate surface area is 183 Å². The van der Waals surface area contributed by atoms with E-state index in [0.717, 1.165) is 53.6 Å². The molecule has 0 radical (unpaired) electrons. The van der Waals surface area contributed by atoms with Gasteiger partial charge in [0.05, 0.1) is 34.0 Å². The maximum atomic E-state index is 14.2. The van der Waals surface area contributed by atoms with E-state index in [1.165, 1.54) is 29.0 Å². The number of aromatic nitrogens is 2. The lowest BCUT2D eigenvalue weighted by molar-refractivity contribution is 0.0341. The molecule has 0 unspecified atom stereocenters. The Morgan fingerprint density at radius 3 is 2.71 bits per heavy atom. The number of ether oxygens (including phenoxy) is 2. The van der Waals surface area contributed by atoms with Gasteiger partial charge in [-0.15, -0.1) is 11.3 Å². The molecule has 0 bridgehead atoms. The molecule has 1 aliphatic heterocycles. The number of anilines is 1. The summed E-state index contributed by atoms with van der Waals surface area (Å²) in [5.74, 6) is 0.176. The number of thiophene rings is 1. The summed E-state index contributed by atoms with van der Waals surface area (Å²) in [7, 11) is 0. The Bertz CT molecular complexity index is 1210. The second-order valence-corrected chi connectivity index (χ2v) is 8.42.